The zero-order valence-electron chi connectivity index (χ0n) is 21.2. The first-order valence-electron chi connectivity index (χ1n) is 12.1. The molecule has 2 N–H and O–H groups in total. The summed E-state index contributed by atoms with van der Waals surface area (Å²) in [6, 6.07) is 12.0. The molecule has 0 unspecified atom stereocenters. The van der Waals surface area contributed by atoms with Crippen molar-refractivity contribution in [3.05, 3.63) is 64.2 Å². The summed E-state index contributed by atoms with van der Waals surface area (Å²) in [6.07, 6.45) is 2.08. The number of hydrogen-bond donors (Lipinski definition) is 2. The summed E-state index contributed by atoms with van der Waals surface area (Å²) in [5.41, 5.74) is 5.73. The van der Waals surface area contributed by atoms with E-state index >= 15 is 0 Å². The fourth-order valence-corrected chi connectivity index (χ4v) is 5.42. The molecule has 0 radical (unpaired) electrons. The van der Waals surface area contributed by atoms with Crippen LogP contribution in [0, 0.1) is 6.92 Å². The molecule has 10 nitrogen and oxygen atoms in total. The van der Waals surface area contributed by atoms with Crippen molar-refractivity contribution in [2.24, 2.45) is 0 Å². The maximum absolute atomic E-state index is 13.2. The number of hydrogen-bond acceptors (Lipinski definition) is 8. The van der Waals surface area contributed by atoms with Crippen LogP contribution >= 0.6 is 0 Å². The first-order chi connectivity index (χ1) is 17.5. The van der Waals surface area contributed by atoms with Gasteiger partial charge in [0.05, 0.1) is 30.4 Å². The lowest BCUT2D eigenvalue weighted by atomic mass is 9.97. The molecule has 1 atom stereocenters. The molecule has 4 rings (SSSR count). The van der Waals surface area contributed by atoms with Crippen LogP contribution in [0.25, 0.3) is 22.0 Å². The first-order valence-corrected chi connectivity index (χ1v) is 14.0. The second-order valence-electron chi connectivity index (χ2n) is 9.66. The van der Waals surface area contributed by atoms with Crippen molar-refractivity contribution in [2.75, 3.05) is 32.6 Å². The van der Waals surface area contributed by atoms with Crippen molar-refractivity contribution in [1.29, 1.82) is 0 Å². The van der Waals surface area contributed by atoms with Crippen LogP contribution in [0.4, 0.5) is 0 Å². The molecule has 0 aliphatic carbocycles. The number of fused-ring (bicyclic) bond motifs is 1. The van der Waals surface area contributed by atoms with Gasteiger partial charge in [0.1, 0.15) is 0 Å². The van der Waals surface area contributed by atoms with Gasteiger partial charge in [-0.25, -0.2) is 18.9 Å². The number of rotatable bonds is 8. The SMILES string of the molecule is Cc1c(-c2ccc(CN3CCOCC3)cc2)ccc2c(=O)n(CC[C@@](C)(C(=O)NO)S(C)(=O)=O)cnc12. The molecule has 2 aromatic carbocycles. The topological polar surface area (TPSA) is 131 Å². The van der Waals surface area contributed by atoms with E-state index < -0.39 is 20.5 Å². The highest BCUT2D eigenvalue weighted by molar-refractivity contribution is 7.92. The lowest BCUT2D eigenvalue weighted by Crippen LogP contribution is -2.50. The number of hydroxylamine groups is 1. The standard InChI is InChI=1S/C26H32N4O6S/c1-18-21(20-6-4-19(5-7-20)16-29-12-14-36-15-13-29)8-9-22-23(18)27-17-30(24(22)31)11-10-26(2,25(32)28-33)37(3,34)35/h4-9,17,33H,10-16H2,1-3H3,(H,28,32)/t26-/m0/s1. The molecular weight excluding hydrogens is 496 g/mol. The van der Waals surface area contributed by atoms with Crippen LogP contribution in [-0.2, 0) is 32.5 Å². The first kappa shape index (κ1) is 26.9. The van der Waals surface area contributed by atoms with E-state index in [1.165, 1.54) is 28.9 Å². The largest absolute Gasteiger partial charge is 0.379 e. The summed E-state index contributed by atoms with van der Waals surface area (Å²) in [5.74, 6) is -1.05. The van der Waals surface area contributed by atoms with Crippen LogP contribution in [0.2, 0.25) is 0 Å². The predicted octanol–water partition coefficient (Wildman–Crippen LogP) is 1.90. The number of morpholine rings is 1. The second kappa shape index (κ2) is 10.7. The predicted molar refractivity (Wildman–Crippen MR) is 140 cm³/mol. The number of carbonyl (C=O) groups excluding carboxylic acids is 1. The number of aryl methyl sites for hydroxylation is 2. The van der Waals surface area contributed by atoms with E-state index in [0.29, 0.717) is 10.9 Å². The highest BCUT2D eigenvalue weighted by Crippen LogP contribution is 2.28. The van der Waals surface area contributed by atoms with E-state index in [9.17, 15) is 18.0 Å². The van der Waals surface area contributed by atoms with E-state index in [1.54, 1.807) is 6.07 Å². The van der Waals surface area contributed by atoms with Crippen LogP contribution in [0.15, 0.2) is 47.5 Å². The summed E-state index contributed by atoms with van der Waals surface area (Å²) in [4.78, 5) is 32.1. The fraction of sp³-hybridized carbons (Fsp3) is 0.423. The normalized spacial score (nSPS) is 16.4. The zero-order valence-corrected chi connectivity index (χ0v) is 22.0. The van der Waals surface area contributed by atoms with Crippen molar-refractivity contribution in [2.45, 2.75) is 38.1 Å². The summed E-state index contributed by atoms with van der Waals surface area (Å²) in [6.45, 7) is 7.33. The summed E-state index contributed by atoms with van der Waals surface area (Å²) < 4.78 is 29.3. The number of nitrogens with one attached hydrogen (secondary N) is 1. The third-order valence-electron chi connectivity index (χ3n) is 7.25. The Morgan fingerprint density at radius 2 is 1.84 bits per heavy atom. The molecule has 1 aromatic heterocycles. The van der Waals surface area contributed by atoms with Gasteiger partial charge in [-0.3, -0.25) is 24.3 Å². The summed E-state index contributed by atoms with van der Waals surface area (Å²) in [7, 11) is -3.87. The van der Waals surface area contributed by atoms with Gasteiger partial charge in [0.25, 0.3) is 11.5 Å². The number of sulfone groups is 1. The Balaban J connectivity index is 1.58. The maximum atomic E-state index is 13.2. The molecule has 0 saturated carbocycles. The molecule has 2 heterocycles. The lowest BCUT2D eigenvalue weighted by molar-refractivity contribution is -0.131. The average molecular weight is 529 g/mol. The average Bonchev–Trinajstić information content (AvgIpc) is 2.88. The van der Waals surface area contributed by atoms with Gasteiger partial charge >= 0.3 is 0 Å². The van der Waals surface area contributed by atoms with E-state index in [0.717, 1.165) is 55.8 Å². The van der Waals surface area contributed by atoms with Gasteiger partial charge in [-0.05, 0) is 48.6 Å². The Hall–Kier alpha value is -3.12. The molecule has 1 fully saturated rings. The van der Waals surface area contributed by atoms with Gasteiger partial charge in [-0.1, -0.05) is 30.3 Å². The van der Waals surface area contributed by atoms with E-state index in [4.69, 9.17) is 9.94 Å². The Morgan fingerprint density at radius 3 is 2.46 bits per heavy atom. The molecule has 0 spiro atoms. The summed E-state index contributed by atoms with van der Waals surface area (Å²) >= 11 is 0. The highest BCUT2D eigenvalue weighted by Gasteiger charge is 2.43. The van der Waals surface area contributed by atoms with Gasteiger partial charge in [0, 0.05) is 32.4 Å². The Kier molecular flexibility index (Phi) is 7.79. The van der Waals surface area contributed by atoms with E-state index in [2.05, 4.69) is 34.1 Å². The molecule has 1 amide bonds. The lowest BCUT2D eigenvalue weighted by Gasteiger charge is -2.26. The van der Waals surface area contributed by atoms with Crippen molar-refractivity contribution in [3.63, 3.8) is 0 Å². The Morgan fingerprint density at radius 1 is 1.16 bits per heavy atom. The number of benzene rings is 2. The molecule has 11 heteroatoms. The molecule has 3 aromatic rings. The Bertz CT molecular complexity index is 1460. The monoisotopic (exact) mass is 528 g/mol. The summed E-state index contributed by atoms with van der Waals surface area (Å²) in [5, 5.41) is 9.42. The van der Waals surface area contributed by atoms with Gasteiger partial charge < -0.3 is 4.74 Å². The molecule has 198 valence electrons. The van der Waals surface area contributed by atoms with Crippen LogP contribution < -0.4 is 11.0 Å². The third-order valence-corrected chi connectivity index (χ3v) is 9.28. The van der Waals surface area contributed by atoms with Crippen molar-refractivity contribution >= 4 is 26.6 Å². The van der Waals surface area contributed by atoms with Crippen molar-refractivity contribution in [1.82, 2.24) is 19.9 Å². The van der Waals surface area contributed by atoms with Crippen LogP contribution in [-0.4, -0.2) is 71.3 Å². The van der Waals surface area contributed by atoms with E-state index in [1.807, 2.05) is 13.0 Å². The van der Waals surface area contributed by atoms with Crippen molar-refractivity contribution in [3.8, 4) is 11.1 Å². The number of amides is 1. The van der Waals surface area contributed by atoms with E-state index in [-0.39, 0.29) is 18.5 Å². The number of ether oxygens (including phenoxy) is 1. The molecule has 37 heavy (non-hydrogen) atoms. The quantitative estimate of drug-likeness (QED) is 0.335. The van der Waals surface area contributed by atoms with Crippen molar-refractivity contribution < 1.29 is 23.2 Å². The maximum Gasteiger partial charge on any atom is 0.264 e. The minimum Gasteiger partial charge on any atom is -0.379 e. The smallest absolute Gasteiger partial charge is 0.264 e. The van der Waals surface area contributed by atoms with Gasteiger partial charge in [-0.15, -0.1) is 0 Å². The number of aromatic nitrogens is 2. The number of nitrogens with zero attached hydrogens (tertiary/aromatic N) is 3. The minimum atomic E-state index is -3.87. The van der Waals surface area contributed by atoms with Gasteiger partial charge in [-0.2, -0.15) is 0 Å². The fourth-order valence-electron chi connectivity index (χ4n) is 4.57. The van der Waals surface area contributed by atoms with Crippen LogP contribution in [0.3, 0.4) is 0 Å². The Labute approximate surface area is 215 Å². The molecule has 1 saturated heterocycles. The molecule has 1 aliphatic rings. The molecule has 0 bridgehead atoms. The molecule has 1 aliphatic heterocycles. The zero-order chi connectivity index (χ0) is 26.8. The van der Waals surface area contributed by atoms with Crippen LogP contribution in [0.1, 0.15) is 24.5 Å². The number of carbonyl (C=O) groups is 1. The molecular formula is C26H32N4O6S. The van der Waals surface area contributed by atoms with Gasteiger partial charge in [0.15, 0.2) is 14.6 Å². The van der Waals surface area contributed by atoms with Gasteiger partial charge in [0.2, 0.25) is 0 Å². The van der Waals surface area contributed by atoms with Crippen LogP contribution in [0.5, 0.6) is 0 Å². The second-order valence-corrected chi connectivity index (χ2v) is 12.1. The third kappa shape index (κ3) is 5.45. The minimum absolute atomic E-state index is 0.0653. The highest BCUT2D eigenvalue weighted by atomic mass is 32.2.